The maximum atomic E-state index is 5.58. The number of rotatable bonds is 3. The number of aromatic nitrogens is 2. The van der Waals surface area contributed by atoms with E-state index >= 15 is 0 Å². The minimum absolute atomic E-state index is 0.300. The molecule has 1 saturated heterocycles. The van der Waals surface area contributed by atoms with Gasteiger partial charge in [-0.15, -0.1) is 0 Å². The topological polar surface area (TPSA) is 47.0 Å². The van der Waals surface area contributed by atoms with Crippen molar-refractivity contribution in [3.63, 3.8) is 0 Å². The van der Waals surface area contributed by atoms with Crippen molar-refractivity contribution in [3.8, 4) is 0 Å². The van der Waals surface area contributed by atoms with Crippen LogP contribution in [0.3, 0.4) is 0 Å². The Balaban J connectivity index is 1.90. The molecule has 1 aliphatic rings. The van der Waals surface area contributed by atoms with Crippen LogP contribution in [0.5, 0.6) is 0 Å². The van der Waals surface area contributed by atoms with Crippen LogP contribution in [0, 0.1) is 0 Å². The van der Waals surface area contributed by atoms with Crippen molar-refractivity contribution in [3.05, 3.63) is 18.6 Å². The maximum Gasteiger partial charge on any atom is 0.144 e. The van der Waals surface area contributed by atoms with Gasteiger partial charge in [0.2, 0.25) is 0 Å². The molecule has 1 fully saturated rings. The summed E-state index contributed by atoms with van der Waals surface area (Å²) in [6.07, 6.45) is 7.70. The molecular formula is C10H15N3O. The Morgan fingerprint density at radius 3 is 3.14 bits per heavy atom. The minimum Gasteiger partial charge on any atom is -0.376 e. The third-order valence-corrected chi connectivity index (χ3v) is 2.46. The fraction of sp³-hybridized carbons (Fsp3) is 0.600. The number of nitrogens with one attached hydrogen (secondary N) is 1. The average Bonchev–Trinajstić information content (AvgIpc) is 2.72. The van der Waals surface area contributed by atoms with E-state index in [9.17, 15) is 0 Å². The minimum atomic E-state index is 0.300. The summed E-state index contributed by atoms with van der Waals surface area (Å²) in [6.45, 7) is 3.00. The zero-order chi connectivity index (χ0) is 9.80. The standard InChI is InChI=1S/C10H15N3O/c1-8(9-3-2-6-14-9)13-10-7-11-4-5-12-10/h4-5,7-9H,2-3,6H2,1H3,(H,12,13). The molecule has 4 nitrogen and oxygen atoms in total. The molecule has 2 heterocycles. The van der Waals surface area contributed by atoms with E-state index in [0.717, 1.165) is 25.3 Å². The van der Waals surface area contributed by atoms with Crippen molar-refractivity contribution in [2.24, 2.45) is 0 Å². The van der Waals surface area contributed by atoms with Crippen molar-refractivity contribution in [2.75, 3.05) is 11.9 Å². The van der Waals surface area contributed by atoms with Gasteiger partial charge in [0.15, 0.2) is 0 Å². The normalized spacial score (nSPS) is 23.4. The Morgan fingerprint density at radius 2 is 2.50 bits per heavy atom. The summed E-state index contributed by atoms with van der Waals surface area (Å²) in [4.78, 5) is 8.16. The SMILES string of the molecule is CC(Nc1cnccn1)C1CCCO1. The summed E-state index contributed by atoms with van der Waals surface area (Å²) >= 11 is 0. The van der Waals surface area contributed by atoms with Crippen LogP contribution >= 0.6 is 0 Å². The monoisotopic (exact) mass is 193 g/mol. The van der Waals surface area contributed by atoms with E-state index in [1.165, 1.54) is 0 Å². The smallest absolute Gasteiger partial charge is 0.144 e. The van der Waals surface area contributed by atoms with E-state index in [4.69, 9.17) is 4.74 Å². The zero-order valence-electron chi connectivity index (χ0n) is 8.31. The second-order valence-corrected chi connectivity index (χ2v) is 3.58. The second-order valence-electron chi connectivity index (χ2n) is 3.58. The molecule has 0 aliphatic carbocycles. The van der Waals surface area contributed by atoms with Gasteiger partial charge in [0.05, 0.1) is 18.3 Å². The van der Waals surface area contributed by atoms with Crippen LogP contribution in [0.25, 0.3) is 0 Å². The van der Waals surface area contributed by atoms with Crippen LogP contribution in [0.15, 0.2) is 18.6 Å². The largest absolute Gasteiger partial charge is 0.376 e. The zero-order valence-corrected chi connectivity index (χ0v) is 8.31. The Kier molecular flexibility index (Phi) is 2.93. The molecule has 1 aromatic rings. The molecule has 0 bridgehead atoms. The summed E-state index contributed by atoms with van der Waals surface area (Å²) in [6, 6.07) is 0.300. The van der Waals surface area contributed by atoms with Gasteiger partial charge >= 0.3 is 0 Å². The molecule has 2 atom stereocenters. The molecule has 2 rings (SSSR count). The van der Waals surface area contributed by atoms with Crippen LogP contribution in [0.1, 0.15) is 19.8 Å². The molecule has 4 heteroatoms. The average molecular weight is 193 g/mol. The molecule has 0 amide bonds. The fourth-order valence-electron chi connectivity index (χ4n) is 1.70. The van der Waals surface area contributed by atoms with Crippen molar-refractivity contribution in [2.45, 2.75) is 31.9 Å². The van der Waals surface area contributed by atoms with Gasteiger partial charge in [-0.25, -0.2) is 4.98 Å². The molecule has 1 aliphatic heterocycles. The van der Waals surface area contributed by atoms with Gasteiger partial charge < -0.3 is 10.1 Å². The first-order chi connectivity index (χ1) is 6.86. The highest BCUT2D eigenvalue weighted by atomic mass is 16.5. The summed E-state index contributed by atoms with van der Waals surface area (Å²) in [5.41, 5.74) is 0. The van der Waals surface area contributed by atoms with Gasteiger partial charge in [0, 0.05) is 19.0 Å². The Bertz CT molecular complexity index is 272. The van der Waals surface area contributed by atoms with Gasteiger partial charge in [-0.1, -0.05) is 0 Å². The molecule has 76 valence electrons. The fourth-order valence-corrected chi connectivity index (χ4v) is 1.70. The van der Waals surface area contributed by atoms with E-state index in [1.807, 2.05) is 0 Å². The van der Waals surface area contributed by atoms with Crippen molar-refractivity contribution >= 4 is 5.82 Å². The summed E-state index contributed by atoms with van der Waals surface area (Å²) < 4.78 is 5.58. The summed E-state index contributed by atoms with van der Waals surface area (Å²) in [7, 11) is 0. The Hall–Kier alpha value is -1.16. The number of hydrogen-bond acceptors (Lipinski definition) is 4. The number of anilines is 1. The van der Waals surface area contributed by atoms with E-state index in [0.29, 0.717) is 12.1 Å². The molecule has 0 aromatic carbocycles. The highest BCUT2D eigenvalue weighted by Crippen LogP contribution is 2.17. The van der Waals surface area contributed by atoms with Crippen molar-refractivity contribution in [1.29, 1.82) is 0 Å². The third kappa shape index (κ3) is 2.20. The van der Waals surface area contributed by atoms with Crippen LogP contribution < -0.4 is 5.32 Å². The molecule has 0 saturated carbocycles. The Labute approximate surface area is 83.7 Å². The number of ether oxygens (including phenoxy) is 1. The molecule has 0 radical (unpaired) electrons. The third-order valence-electron chi connectivity index (χ3n) is 2.46. The quantitative estimate of drug-likeness (QED) is 0.789. The highest BCUT2D eigenvalue weighted by molar-refractivity contribution is 5.31. The van der Waals surface area contributed by atoms with Gasteiger partial charge in [-0.3, -0.25) is 4.98 Å². The lowest BCUT2D eigenvalue weighted by atomic mass is 10.1. The van der Waals surface area contributed by atoms with Gasteiger partial charge in [0.25, 0.3) is 0 Å². The summed E-state index contributed by atoms with van der Waals surface area (Å²) in [5.74, 6) is 0.815. The van der Waals surface area contributed by atoms with Crippen LogP contribution in [-0.4, -0.2) is 28.7 Å². The van der Waals surface area contributed by atoms with Crippen LogP contribution in [0.4, 0.5) is 5.82 Å². The Morgan fingerprint density at radius 1 is 1.57 bits per heavy atom. The molecule has 2 unspecified atom stereocenters. The molecule has 14 heavy (non-hydrogen) atoms. The predicted molar refractivity (Wildman–Crippen MR) is 54.1 cm³/mol. The van der Waals surface area contributed by atoms with E-state index in [-0.39, 0.29) is 0 Å². The first-order valence-electron chi connectivity index (χ1n) is 5.00. The predicted octanol–water partition coefficient (Wildman–Crippen LogP) is 1.46. The van der Waals surface area contributed by atoms with E-state index in [2.05, 4.69) is 22.2 Å². The lowest BCUT2D eigenvalue weighted by Gasteiger charge is -2.19. The van der Waals surface area contributed by atoms with Gasteiger partial charge in [0.1, 0.15) is 5.82 Å². The lowest BCUT2D eigenvalue weighted by Crippen LogP contribution is -2.30. The summed E-state index contributed by atoms with van der Waals surface area (Å²) in [5, 5.41) is 3.29. The van der Waals surface area contributed by atoms with E-state index < -0.39 is 0 Å². The lowest BCUT2D eigenvalue weighted by molar-refractivity contribution is 0.0995. The van der Waals surface area contributed by atoms with Crippen molar-refractivity contribution in [1.82, 2.24) is 9.97 Å². The first-order valence-corrected chi connectivity index (χ1v) is 5.00. The molecule has 1 N–H and O–H groups in total. The first kappa shape index (κ1) is 9.40. The molecular weight excluding hydrogens is 178 g/mol. The molecule has 1 aromatic heterocycles. The van der Waals surface area contributed by atoms with Crippen LogP contribution in [-0.2, 0) is 4.74 Å². The van der Waals surface area contributed by atoms with E-state index in [1.54, 1.807) is 18.6 Å². The van der Waals surface area contributed by atoms with Crippen molar-refractivity contribution < 1.29 is 4.74 Å². The van der Waals surface area contributed by atoms with Gasteiger partial charge in [-0.2, -0.15) is 0 Å². The maximum absolute atomic E-state index is 5.58. The molecule has 0 spiro atoms. The number of nitrogens with zero attached hydrogens (tertiary/aromatic N) is 2. The van der Waals surface area contributed by atoms with Crippen LogP contribution in [0.2, 0.25) is 0 Å². The highest BCUT2D eigenvalue weighted by Gasteiger charge is 2.22. The van der Waals surface area contributed by atoms with Gasteiger partial charge in [-0.05, 0) is 19.8 Å². The number of hydrogen-bond donors (Lipinski definition) is 1. The second kappa shape index (κ2) is 4.37.